The Kier molecular flexibility index (Phi) is 5.91. The Bertz CT molecular complexity index is 1290. The van der Waals surface area contributed by atoms with Crippen LogP contribution >= 0.6 is 0 Å². The predicted octanol–water partition coefficient (Wildman–Crippen LogP) is 6.72. The van der Waals surface area contributed by atoms with Crippen molar-refractivity contribution in [2.75, 3.05) is 6.61 Å². The van der Waals surface area contributed by atoms with E-state index >= 15 is 0 Å². The van der Waals surface area contributed by atoms with Gasteiger partial charge < -0.3 is 14.0 Å². The summed E-state index contributed by atoms with van der Waals surface area (Å²) >= 11 is 0. The van der Waals surface area contributed by atoms with E-state index in [2.05, 4.69) is 101 Å². The van der Waals surface area contributed by atoms with Crippen molar-refractivity contribution in [2.24, 2.45) is 0 Å². The Labute approximate surface area is 205 Å². The summed E-state index contributed by atoms with van der Waals surface area (Å²) in [6.45, 7) is 0.488. The zero-order valence-electron chi connectivity index (χ0n) is 19.5. The second kappa shape index (κ2) is 9.49. The van der Waals surface area contributed by atoms with Gasteiger partial charge in [0.15, 0.2) is 0 Å². The molecule has 0 saturated carbocycles. The van der Waals surface area contributed by atoms with Crippen molar-refractivity contribution in [1.82, 2.24) is 9.55 Å². The number of benzene rings is 3. The molecule has 4 nitrogen and oxygen atoms in total. The van der Waals surface area contributed by atoms with Gasteiger partial charge in [-0.15, -0.1) is 0 Å². The summed E-state index contributed by atoms with van der Waals surface area (Å²) < 4.78 is 15.6. The van der Waals surface area contributed by atoms with Crippen LogP contribution in [0.5, 0.6) is 0 Å². The quantitative estimate of drug-likeness (QED) is 0.253. The SMILES string of the molecule is c1ccc(C(OC[C@@H]2CC[C@H](n3ccc4cccnc43)O2)(c2ccccc2)c2ccccc2)cc1. The van der Waals surface area contributed by atoms with Crippen molar-refractivity contribution in [3.63, 3.8) is 0 Å². The van der Waals surface area contributed by atoms with Gasteiger partial charge in [0, 0.05) is 17.8 Å². The number of aromatic nitrogens is 2. The molecule has 2 aromatic heterocycles. The van der Waals surface area contributed by atoms with Crippen LogP contribution in [0.2, 0.25) is 0 Å². The minimum absolute atomic E-state index is 0.00308. The van der Waals surface area contributed by atoms with E-state index in [0.29, 0.717) is 6.61 Å². The van der Waals surface area contributed by atoms with Crippen LogP contribution in [-0.2, 0) is 15.1 Å². The Balaban J connectivity index is 1.32. The van der Waals surface area contributed by atoms with Crippen LogP contribution in [0.15, 0.2) is 122 Å². The molecule has 0 radical (unpaired) electrons. The van der Waals surface area contributed by atoms with Gasteiger partial charge >= 0.3 is 0 Å². The Morgan fingerprint density at radius 3 is 1.94 bits per heavy atom. The molecule has 0 aliphatic carbocycles. The minimum atomic E-state index is -0.729. The first kappa shape index (κ1) is 21.8. The fourth-order valence-corrected chi connectivity index (χ4v) is 5.22. The van der Waals surface area contributed by atoms with E-state index in [0.717, 1.165) is 40.6 Å². The number of rotatable bonds is 7. The average Bonchev–Trinajstić information content (AvgIpc) is 3.58. The number of hydrogen-bond acceptors (Lipinski definition) is 3. The van der Waals surface area contributed by atoms with Gasteiger partial charge in [-0.05, 0) is 47.7 Å². The lowest BCUT2D eigenvalue weighted by Crippen LogP contribution is -2.35. The van der Waals surface area contributed by atoms with Gasteiger partial charge in [-0.3, -0.25) is 0 Å². The van der Waals surface area contributed by atoms with Crippen LogP contribution in [0.3, 0.4) is 0 Å². The lowest BCUT2D eigenvalue weighted by atomic mass is 9.80. The van der Waals surface area contributed by atoms with Crippen LogP contribution in [0.4, 0.5) is 0 Å². The highest BCUT2D eigenvalue weighted by molar-refractivity contribution is 5.75. The van der Waals surface area contributed by atoms with Crippen LogP contribution < -0.4 is 0 Å². The summed E-state index contributed by atoms with van der Waals surface area (Å²) in [6, 6.07) is 37.6. The van der Waals surface area contributed by atoms with E-state index in [4.69, 9.17) is 9.47 Å². The molecule has 174 valence electrons. The van der Waals surface area contributed by atoms with E-state index in [1.165, 1.54) is 0 Å². The van der Waals surface area contributed by atoms with Crippen molar-refractivity contribution in [1.29, 1.82) is 0 Å². The van der Waals surface area contributed by atoms with Gasteiger partial charge in [0.1, 0.15) is 17.5 Å². The molecule has 0 N–H and O–H groups in total. The molecule has 6 rings (SSSR count). The van der Waals surface area contributed by atoms with Crippen molar-refractivity contribution in [2.45, 2.75) is 30.8 Å². The van der Waals surface area contributed by atoms with E-state index in [-0.39, 0.29) is 12.3 Å². The predicted molar refractivity (Wildman–Crippen MR) is 138 cm³/mol. The Morgan fingerprint density at radius 2 is 1.34 bits per heavy atom. The van der Waals surface area contributed by atoms with Crippen LogP contribution in [0.1, 0.15) is 35.8 Å². The van der Waals surface area contributed by atoms with E-state index in [1.54, 1.807) is 0 Å². The molecule has 0 unspecified atom stereocenters. The standard InChI is InChI=1S/C31H28N2O2/c1-4-12-25(13-5-1)31(26-14-6-2-7-15-26,27-16-8-3-9-17-27)34-23-28-18-19-29(35-28)33-22-20-24-11-10-21-32-30(24)33/h1-17,20-22,28-29H,18-19,23H2/t28-,29+/m0/s1. The van der Waals surface area contributed by atoms with Gasteiger partial charge in [0.05, 0.1) is 12.7 Å². The maximum absolute atomic E-state index is 6.98. The first-order valence-electron chi connectivity index (χ1n) is 12.2. The van der Waals surface area contributed by atoms with Crippen LogP contribution in [0, 0.1) is 0 Å². The number of fused-ring (bicyclic) bond motifs is 1. The van der Waals surface area contributed by atoms with Crippen molar-refractivity contribution < 1.29 is 9.47 Å². The molecule has 1 aliphatic heterocycles. The second-order valence-electron chi connectivity index (χ2n) is 9.02. The largest absolute Gasteiger partial charge is 0.358 e. The first-order chi connectivity index (χ1) is 17.3. The minimum Gasteiger partial charge on any atom is -0.358 e. The molecule has 4 heteroatoms. The van der Waals surface area contributed by atoms with Crippen molar-refractivity contribution in [3.8, 4) is 0 Å². The summed E-state index contributed by atoms with van der Waals surface area (Å²) in [7, 11) is 0. The smallest absolute Gasteiger partial charge is 0.143 e. The summed E-state index contributed by atoms with van der Waals surface area (Å²) in [4.78, 5) is 4.57. The third-order valence-corrected chi connectivity index (χ3v) is 6.90. The molecular weight excluding hydrogens is 432 g/mol. The lowest BCUT2D eigenvalue weighted by Gasteiger charge is -2.36. The fourth-order valence-electron chi connectivity index (χ4n) is 5.22. The van der Waals surface area contributed by atoms with Gasteiger partial charge in [-0.1, -0.05) is 91.0 Å². The molecule has 0 spiro atoms. The normalized spacial score (nSPS) is 18.2. The highest BCUT2D eigenvalue weighted by Crippen LogP contribution is 2.41. The Hall–Kier alpha value is -3.73. The van der Waals surface area contributed by atoms with Gasteiger partial charge in [-0.25, -0.2) is 4.98 Å². The molecule has 2 atom stereocenters. The Morgan fingerprint density at radius 1 is 0.743 bits per heavy atom. The molecule has 3 heterocycles. The molecule has 1 fully saturated rings. The zero-order chi connectivity index (χ0) is 23.5. The molecule has 5 aromatic rings. The first-order valence-corrected chi connectivity index (χ1v) is 12.2. The molecule has 35 heavy (non-hydrogen) atoms. The molecule has 1 aliphatic rings. The average molecular weight is 461 g/mol. The topological polar surface area (TPSA) is 36.3 Å². The monoisotopic (exact) mass is 460 g/mol. The van der Waals surface area contributed by atoms with Gasteiger partial charge in [0.2, 0.25) is 0 Å². The summed E-state index contributed by atoms with van der Waals surface area (Å²) in [5.41, 5.74) is 3.55. The van der Waals surface area contributed by atoms with Crippen molar-refractivity contribution >= 4 is 11.0 Å². The summed E-state index contributed by atoms with van der Waals surface area (Å²) in [6.07, 6.45) is 5.75. The van der Waals surface area contributed by atoms with Gasteiger partial charge in [0.25, 0.3) is 0 Å². The highest BCUT2D eigenvalue weighted by atomic mass is 16.6. The number of hydrogen-bond donors (Lipinski definition) is 0. The number of pyridine rings is 1. The van der Waals surface area contributed by atoms with E-state index in [9.17, 15) is 0 Å². The fraction of sp³-hybridized carbons (Fsp3) is 0.194. The molecule has 1 saturated heterocycles. The van der Waals surface area contributed by atoms with E-state index < -0.39 is 5.60 Å². The number of ether oxygens (including phenoxy) is 2. The summed E-state index contributed by atoms with van der Waals surface area (Å²) in [5.74, 6) is 0. The van der Waals surface area contributed by atoms with Gasteiger partial charge in [-0.2, -0.15) is 0 Å². The molecule has 0 amide bonds. The second-order valence-corrected chi connectivity index (χ2v) is 9.02. The molecule has 3 aromatic carbocycles. The maximum Gasteiger partial charge on any atom is 0.143 e. The molecule has 0 bridgehead atoms. The third-order valence-electron chi connectivity index (χ3n) is 6.90. The van der Waals surface area contributed by atoms with Crippen LogP contribution in [-0.4, -0.2) is 22.3 Å². The van der Waals surface area contributed by atoms with Crippen molar-refractivity contribution in [3.05, 3.63) is 138 Å². The summed E-state index contributed by atoms with van der Waals surface area (Å²) in [5, 5.41) is 1.13. The molecular formula is C31H28N2O2. The number of nitrogens with zero attached hydrogens (tertiary/aromatic N) is 2. The third kappa shape index (κ3) is 4.05. The maximum atomic E-state index is 6.98. The zero-order valence-corrected chi connectivity index (χ0v) is 19.5. The van der Waals surface area contributed by atoms with E-state index in [1.807, 2.05) is 30.5 Å². The highest BCUT2D eigenvalue weighted by Gasteiger charge is 2.39. The lowest BCUT2D eigenvalue weighted by molar-refractivity contribution is -0.0755. The van der Waals surface area contributed by atoms with Crippen LogP contribution in [0.25, 0.3) is 11.0 Å².